The first-order valence-corrected chi connectivity index (χ1v) is 6.09. The van der Waals surface area contributed by atoms with Crippen molar-refractivity contribution in [1.82, 2.24) is 4.98 Å². The molecule has 0 bridgehead atoms. The van der Waals surface area contributed by atoms with Crippen LogP contribution >= 0.6 is 11.6 Å². The van der Waals surface area contributed by atoms with E-state index < -0.39 is 0 Å². The predicted molar refractivity (Wildman–Crippen MR) is 72.3 cm³/mol. The van der Waals surface area contributed by atoms with Crippen molar-refractivity contribution in [2.45, 2.75) is 12.4 Å². The lowest BCUT2D eigenvalue weighted by atomic mass is 10.2. The third-order valence-corrected chi connectivity index (χ3v) is 2.93. The van der Waals surface area contributed by atoms with Gasteiger partial charge in [-0.1, -0.05) is 30.3 Å². The summed E-state index contributed by atoms with van der Waals surface area (Å²) < 4.78 is 0. The van der Waals surface area contributed by atoms with Crippen LogP contribution in [-0.2, 0) is 12.4 Å². The Morgan fingerprint density at radius 1 is 1.12 bits per heavy atom. The molecule has 2 aromatic rings. The number of hydrogen-bond donors (Lipinski definition) is 0. The van der Waals surface area contributed by atoms with Gasteiger partial charge in [-0.25, -0.2) is 4.98 Å². The van der Waals surface area contributed by atoms with Crippen LogP contribution in [0.25, 0.3) is 0 Å². The molecule has 0 N–H and O–H groups in total. The van der Waals surface area contributed by atoms with Gasteiger partial charge in [0.15, 0.2) is 0 Å². The summed E-state index contributed by atoms with van der Waals surface area (Å²) in [6.45, 7) is 0.847. The normalized spacial score (nSPS) is 10.2. The van der Waals surface area contributed by atoms with Gasteiger partial charge >= 0.3 is 0 Å². The molecule has 2 rings (SSSR count). The second kappa shape index (κ2) is 5.69. The molecule has 0 aliphatic heterocycles. The Morgan fingerprint density at radius 2 is 1.88 bits per heavy atom. The van der Waals surface area contributed by atoms with E-state index in [1.165, 1.54) is 5.56 Å². The van der Waals surface area contributed by atoms with Gasteiger partial charge in [0.25, 0.3) is 0 Å². The molecule has 0 atom stereocenters. The largest absolute Gasteiger partial charge is 0.355 e. The minimum Gasteiger partial charge on any atom is -0.355 e. The van der Waals surface area contributed by atoms with Crippen molar-refractivity contribution < 1.29 is 0 Å². The van der Waals surface area contributed by atoms with Crippen LogP contribution in [0.1, 0.15) is 11.1 Å². The molecule has 0 saturated heterocycles. The van der Waals surface area contributed by atoms with Gasteiger partial charge in [0.05, 0.1) is 0 Å². The first-order valence-electron chi connectivity index (χ1n) is 5.55. The first kappa shape index (κ1) is 11.9. The van der Waals surface area contributed by atoms with Gasteiger partial charge in [-0.3, -0.25) is 0 Å². The van der Waals surface area contributed by atoms with E-state index in [2.05, 4.69) is 22.0 Å². The fraction of sp³-hybridized carbons (Fsp3) is 0.214. The Labute approximate surface area is 107 Å². The molecule has 17 heavy (non-hydrogen) atoms. The van der Waals surface area contributed by atoms with Gasteiger partial charge in [0, 0.05) is 25.7 Å². The molecule has 88 valence electrons. The first-order chi connectivity index (χ1) is 8.29. The smallest absolute Gasteiger partial charge is 0.128 e. The Bertz CT molecular complexity index is 471. The molecule has 1 heterocycles. The van der Waals surface area contributed by atoms with Crippen molar-refractivity contribution in [2.75, 3.05) is 11.9 Å². The van der Waals surface area contributed by atoms with Crippen molar-refractivity contribution in [3.63, 3.8) is 0 Å². The molecule has 0 aliphatic rings. The fourth-order valence-corrected chi connectivity index (χ4v) is 1.86. The number of pyridine rings is 1. The van der Waals surface area contributed by atoms with Crippen molar-refractivity contribution in [2.24, 2.45) is 0 Å². The third-order valence-electron chi connectivity index (χ3n) is 2.62. The lowest BCUT2D eigenvalue weighted by Gasteiger charge is -2.18. The quantitative estimate of drug-likeness (QED) is 0.768. The molecule has 0 saturated carbocycles. The Morgan fingerprint density at radius 3 is 2.59 bits per heavy atom. The zero-order valence-corrected chi connectivity index (χ0v) is 10.6. The number of nitrogens with zero attached hydrogens (tertiary/aromatic N) is 2. The highest BCUT2D eigenvalue weighted by Crippen LogP contribution is 2.15. The number of aromatic nitrogens is 1. The number of rotatable bonds is 4. The lowest BCUT2D eigenvalue weighted by molar-refractivity contribution is 0.896. The van der Waals surface area contributed by atoms with Gasteiger partial charge in [-0.15, -0.1) is 11.6 Å². The summed E-state index contributed by atoms with van der Waals surface area (Å²) in [4.78, 5) is 6.47. The van der Waals surface area contributed by atoms with Crippen molar-refractivity contribution >= 4 is 17.4 Å². The summed E-state index contributed by atoms with van der Waals surface area (Å²) in [6.07, 6.45) is 1.80. The van der Waals surface area contributed by atoms with Gasteiger partial charge in [0.1, 0.15) is 5.82 Å². The highest BCUT2D eigenvalue weighted by Gasteiger charge is 2.03. The second-order valence-electron chi connectivity index (χ2n) is 4.00. The molecule has 0 aliphatic carbocycles. The molecule has 0 unspecified atom stereocenters. The predicted octanol–water partition coefficient (Wildman–Crippen LogP) is 3.46. The average Bonchev–Trinajstić information content (AvgIpc) is 2.40. The number of anilines is 1. The van der Waals surface area contributed by atoms with Crippen molar-refractivity contribution in [3.8, 4) is 0 Å². The lowest BCUT2D eigenvalue weighted by Crippen LogP contribution is -2.17. The monoisotopic (exact) mass is 246 g/mol. The number of hydrogen-bond acceptors (Lipinski definition) is 2. The highest BCUT2D eigenvalue weighted by atomic mass is 35.5. The Kier molecular flexibility index (Phi) is 3.99. The van der Waals surface area contributed by atoms with E-state index in [4.69, 9.17) is 11.6 Å². The van der Waals surface area contributed by atoms with E-state index in [1.807, 2.05) is 37.4 Å². The van der Waals surface area contributed by atoms with Crippen LogP contribution in [0.15, 0.2) is 48.7 Å². The topological polar surface area (TPSA) is 16.1 Å². The molecular formula is C14H15ClN2. The van der Waals surface area contributed by atoms with Gasteiger partial charge in [-0.05, 0) is 23.3 Å². The Balaban J connectivity index is 2.11. The molecule has 3 heteroatoms. The van der Waals surface area contributed by atoms with E-state index in [9.17, 15) is 0 Å². The maximum Gasteiger partial charge on any atom is 0.128 e. The van der Waals surface area contributed by atoms with Gasteiger partial charge < -0.3 is 4.90 Å². The van der Waals surface area contributed by atoms with Crippen LogP contribution in [0.2, 0.25) is 0 Å². The van der Waals surface area contributed by atoms with Gasteiger partial charge in [-0.2, -0.15) is 0 Å². The number of benzene rings is 1. The minimum atomic E-state index is 0.523. The third kappa shape index (κ3) is 3.21. The van der Waals surface area contributed by atoms with Crippen LogP contribution in [0, 0.1) is 0 Å². The van der Waals surface area contributed by atoms with E-state index in [1.54, 1.807) is 6.20 Å². The standard InChI is InChI=1S/C14H15ClN2/c1-17(11-12-5-3-2-4-6-12)14-9-13(10-15)7-8-16-14/h2-9H,10-11H2,1H3. The zero-order chi connectivity index (χ0) is 12.1. The van der Waals surface area contributed by atoms with E-state index in [-0.39, 0.29) is 0 Å². The second-order valence-corrected chi connectivity index (χ2v) is 4.26. The molecule has 1 aromatic heterocycles. The average molecular weight is 247 g/mol. The summed E-state index contributed by atoms with van der Waals surface area (Å²) in [5.41, 5.74) is 2.37. The van der Waals surface area contributed by atoms with Crippen LogP contribution in [0.4, 0.5) is 5.82 Å². The molecule has 0 spiro atoms. The summed E-state index contributed by atoms with van der Waals surface area (Å²) in [7, 11) is 2.04. The minimum absolute atomic E-state index is 0.523. The van der Waals surface area contributed by atoms with E-state index in [0.29, 0.717) is 5.88 Å². The summed E-state index contributed by atoms with van der Waals surface area (Å²) >= 11 is 5.82. The number of halogens is 1. The number of alkyl halides is 1. The SMILES string of the molecule is CN(Cc1ccccc1)c1cc(CCl)ccn1. The highest BCUT2D eigenvalue weighted by molar-refractivity contribution is 6.17. The molecule has 2 nitrogen and oxygen atoms in total. The van der Waals surface area contributed by atoms with E-state index >= 15 is 0 Å². The molecule has 1 aromatic carbocycles. The van der Waals surface area contributed by atoms with Crippen LogP contribution in [-0.4, -0.2) is 12.0 Å². The fourth-order valence-electron chi connectivity index (χ4n) is 1.69. The summed E-state index contributed by atoms with van der Waals surface area (Å²) in [5.74, 6) is 1.47. The summed E-state index contributed by atoms with van der Waals surface area (Å²) in [6, 6.07) is 14.3. The molecule has 0 fully saturated rings. The van der Waals surface area contributed by atoms with Gasteiger partial charge in [0.2, 0.25) is 0 Å². The maximum atomic E-state index is 5.82. The molecule has 0 amide bonds. The van der Waals surface area contributed by atoms with Crippen molar-refractivity contribution in [3.05, 3.63) is 59.8 Å². The van der Waals surface area contributed by atoms with Crippen LogP contribution in [0.5, 0.6) is 0 Å². The Hall–Kier alpha value is -1.54. The summed E-state index contributed by atoms with van der Waals surface area (Å²) in [5, 5.41) is 0. The van der Waals surface area contributed by atoms with E-state index in [0.717, 1.165) is 17.9 Å². The zero-order valence-electron chi connectivity index (χ0n) is 9.81. The van der Waals surface area contributed by atoms with Crippen LogP contribution < -0.4 is 4.90 Å². The van der Waals surface area contributed by atoms with Crippen LogP contribution in [0.3, 0.4) is 0 Å². The molecule has 0 radical (unpaired) electrons. The molecular weight excluding hydrogens is 232 g/mol. The van der Waals surface area contributed by atoms with Crippen molar-refractivity contribution in [1.29, 1.82) is 0 Å². The maximum absolute atomic E-state index is 5.82.